The van der Waals surface area contributed by atoms with Gasteiger partial charge in [0, 0.05) is 18.6 Å². The zero-order valence-electron chi connectivity index (χ0n) is 13.8. The van der Waals surface area contributed by atoms with Gasteiger partial charge in [-0.15, -0.1) is 0 Å². The summed E-state index contributed by atoms with van der Waals surface area (Å²) < 4.78 is 32.5. The van der Waals surface area contributed by atoms with E-state index in [-0.39, 0.29) is 24.0 Å². The summed E-state index contributed by atoms with van der Waals surface area (Å²) in [6, 6.07) is 0. The number of rotatable bonds is 8. The molecule has 126 valence electrons. The summed E-state index contributed by atoms with van der Waals surface area (Å²) in [6.07, 6.45) is 6.28. The molecule has 1 aliphatic rings. The van der Waals surface area contributed by atoms with Gasteiger partial charge in [0.25, 0.3) is 0 Å². The van der Waals surface area contributed by atoms with Gasteiger partial charge in [-0.1, -0.05) is 32.6 Å². The van der Waals surface area contributed by atoms with Gasteiger partial charge in [0.1, 0.15) is 0 Å². The third kappa shape index (κ3) is 5.20. The largest absolute Gasteiger partial charge is 0.378 e. The van der Waals surface area contributed by atoms with Gasteiger partial charge in [-0.05, 0) is 26.7 Å². The van der Waals surface area contributed by atoms with Crippen LogP contribution in [0.2, 0.25) is 0 Å². The molecule has 6 heteroatoms. The Hall–Kier alpha value is -0.170. The molecule has 0 aromatic heterocycles. The Morgan fingerprint density at radius 2 is 1.76 bits per heavy atom. The molecule has 0 aromatic rings. The highest BCUT2D eigenvalue weighted by molar-refractivity contribution is 7.89. The first-order chi connectivity index (χ1) is 9.88. The maximum atomic E-state index is 12.7. The highest BCUT2D eigenvalue weighted by atomic mass is 32.2. The second-order valence-electron chi connectivity index (χ2n) is 6.24. The van der Waals surface area contributed by atoms with Gasteiger partial charge in [0.15, 0.2) is 0 Å². The number of sulfonamides is 1. The Balaban J connectivity index is 2.86. The van der Waals surface area contributed by atoms with E-state index in [9.17, 15) is 8.42 Å². The summed E-state index contributed by atoms with van der Waals surface area (Å²) in [5.41, 5.74) is 5.63. The molecule has 2 N–H and O–H groups in total. The zero-order valence-corrected chi connectivity index (χ0v) is 14.6. The molecule has 0 atom stereocenters. The molecule has 1 aliphatic carbocycles. The number of ether oxygens (including phenoxy) is 1. The molecule has 0 bridgehead atoms. The summed E-state index contributed by atoms with van der Waals surface area (Å²) in [5.74, 6) is 0.0424. The van der Waals surface area contributed by atoms with Crippen LogP contribution in [-0.4, -0.2) is 49.8 Å². The minimum Gasteiger partial charge on any atom is -0.378 e. The van der Waals surface area contributed by atoms with Gasteiger partial charge in [0.2, 0.25) is 10.0 Å². The molecule has 0 unspecified atom stereocenters. The standard InChI is InChI=1S/C15H32N2O3S/c1-4-17(21(18,19)12-11-20-14(2)3)15(13-16)9-7-5-6-8-10-15/h14H,4-13,16H2,1-3H3. The molecule has 0 aromatic carbocycles. The van der Waals surface area contributed by atoms with Crippen molar-refractivity contribution in [3.63, 3.8) is 0 Å². The van der Waals surface area contributed by atoms with Crippen LogP contribution < -0.4 is 5.73 Å². The van der Waals surface area contributed by atoms with Gasteiger partial charge in [-0.2, -0.15) is 4.31 Å². The van der Waals surface area contributed by atoms with Crippen molar-refractivity contribution < 1.29 is 13.2 Å². The first-order valence-electron chi connectivity index (χ1n) is 8.20. The van der Waals surface area contributed by atoms with Crippen LogP contribution in [0.25, 0.3) is 0 Å². The third-order valence-electron chi connectivity index (χ3n) is 4.36. The Labute approximate surface area is 130 Å². The molecule has 0 spiro atoms. The second kappa shape index (κ2) is 8.46. The van der Waals surface area contributed by atoms with Crippen molar-refractivity contribution >= 4 is 10.0 Å². The average Bonchev–Trinajstić information content (AvgIpc) is 2.65. The van der Waals surface area contributed by atoms with Crippen molar-refractivity contribution in [2.75, 3.05) is 25.4 Å². The quantitative estimate of drug-likeness (QED) is 0.695. The minimum absolute atomic E-state index is 0.0424. The Bertz CT molecular complexity index is 388. The van der Waals surface area contributed by atoms with E-state index in [0.717, 1.165) is 25.7 Å². The van der Waals surface area contributed by atoms with E-state index in [1.807, 2.05) is 20.8 Å². The van der Waals surface area contributed by atoms with Gasteiger partial charge >= 0.3 is 0 Å². The lowest BCUT2D eigenvalue weighted by atomic mass is 9.90. The van der Waals surface area contributed by atoms with Crippen molar-refractivity contribution in [3.05, 3.63) is 0 Å². The van der Waals surface area contributed by atoms with Crippen molar-refractivity contribution in [2.45, 2.75) is 70.9 Å². The van der Waals surface area contributed by atoms with E-state index in [2.05, 4.69) is 0 Å². The summed E-state index contributed by atoms with van der Waals surface area (Å²) in [4.78, 5) is 0. The summed E-state index contributed by atoms with van der Waals surface area (Å²) in [6.45, 7) is 6.88. The fraction of sp³-hybridized carbons (Fsp3) is 1.00. The second-order valence-corrected chi connectivity index (χ2v) is 8.26. The first kappa shape index (κ1) is 18.9. The highest BCUT2D eigenvalue weighted by Crippen LogP contribution is 2.33. The molecule has 21 heavy (non-hydrogen) atoms. The van der Waals surface area contributed by atoms with E-state index < -0.39 is 10.0 Å². The number of hydrogen-bond acceptors (Lipinski definition) is 4. The van der Waals surface area contributed by atoms with Crippen LogP contribution in [0.5, 0.6) is 0 Å². The van der Waals surface area contributed by atoms with E-state index in [0.29, 0.717) is 13.1 Å². The topological polar surface area (TPSA) is 72.6 Å². The molecular formula is C15H32N2O3S. The van der Waals surface area contributed by atoms with E-state index in [1.54, 1.807) is 4.31 Å². The lowest BCUT2D eigenvalue weighted by Crippen LogP contribution is -2.56. The van der Waals surface area contributed by atoms with Crippen LogP contribution >= 0.6 is 0 Å². The van der Waals surface area contributed by atoms with Crippen molar-refractivity contribution in [2.24, 2.45) is 5.73 Å². The van der Waals surface area contributed by atoms with E-state index >= 15 is 0 Å². The lowest BCUT2D eigenvalue weighted by Gasteiger charge is -2.41. The van der Waals surface area contributed by atoms with Gasteiger partial charge < -0.3 is 10.5 Å². The number of nitrogens with zero attached hydrogens (tertiary/aromatic N) is 1. The van der Waals surface area contributed by atoms with Crippen molar-refractivity contribution in [1.82, 2.24) is 4.31 Å². The molecule has 0 aliphatic heterocycles. The monoisotopic (exact) mass is 320 g/mol. The molecule has 0 amide bonds. The number of hydrogen-bond donors (Lipinski definition) is 1. The number of likely N-dealkylation sites (N-methyl/N-ethyl adjacent to an activating group) is 1. The summed E-state index contributed by atoms with van der Waals surface area (Å²) in [7, 11) is -3.33. The molecule has 1 fully saturated rings. The molecule has 1 saturated carbocycles. The van der Waals surface area contributed by atoms with E-state index in [1.165, 1.54) is 12.8 Å². The summed E-state index contributed by atoms with van der Waals surface area (Å²) in [5, 5.41) is 0. The smallest absolute Gasteiger partial charge is 0.216 e. The Morgan fingerprint density at radius 1 is 1.19 bits per heavy atom. The van der Waals surface area contributed by atoms with Crippen LogP contribution in [-0.2, 0) is 14.8 Å². The molecule has 0 radical (unpaired) electrons. The number of nitrogens with two attached hydrogens (primary N) is 1. The van der Waals surface area contributed by atoms with Gasteiger partial charge in [-0.25, -0.2) is 8.42 Å². The maximum absolute atomic E-state index is 12.7. The lowest BCUT2D eigenvalue weighted by molar-refractivity contribution is 0.0894. The Kier molecular flexibility index (Phi) is 7.60. The summed E-state index contributed by atoms with van der Waals surface area (Å²) >= 11 is 0. The van der Waals surface area contributed by atoms with Crippen LogP contribution in [0.15, 0.2) is 0 Å². The fourth-order valence-corrected chi connectivity index (χ4v) is 5.04. The van der Waals surface area contributed by atoms with Crippen LogP contribution in [0.3, 0.4) is 0 Å². The average molecular weight is 320 g/mol. The van der Waals surface area contributed by atoms with Gasteiger partial charge in [0.05, 0.1) is 18.5 Å². The van der Waals surface area contributed by atoms with E-state index in [4.69, 9.17) is 10.5 Å². The molecular weight excluding hydrogens is 288 g/mol. The maximum Gasteiger partial charge on any atom is 0.216 e. The molecule has 0 heterocycles. The SMILES string of the molecule is CCN(C1(CN)CCCCCC1)S(=O)(=O)CCOC(C)C. The molecule has 1 rings (SSSR count). The minimum atomic E-state index is -3.33. The predicted octanol–water partition coefficient (Wildman–Crippen LogP) is 2.11. The van der Waals surface area contributed by atoms with Crippen LogP contribution in [0.4, 0.5) is 0 Å². The highest BCUT2D eigenvalue weighted by Gasteiger charge is 2.41. The van der Waals surface area contributed by atoms with Crippen LogP contribution in [0.1, 0.15) is 59.3 Å². The van der Waals surface area contributed by atoms with Crippen molar-refractivity contribution in [3.8, 4) is 0 Å². The van der Waals surface area contributed by atoms with Gasteiger partial charge in [-0.3, -0.25) is 0 Å². The fourth-order valence-electron chi connectivity index (χ4n) is 3.27. The zero-order chi connectivity index (χ0) is 15.9. The van der Waals surface area contributed by atoms with Crippen LogP contribution in [0, 0.1) is 0 Å². The normalized spacial score (nSPS) is 19.9. The molecule has 0 saturated heterocycles. The Morgan fingerprint density at radius 3 is 2.19 bits per heavy atom. The van der Waals surface area contributed by atoms with Crippen molar-refractivity contribution in [1.29, 1.82) is 0 Å². The molecule has 5 nitrogen and oxygen atoms in total. The first-order valence-corrected chi connectivity index (χ1v) is 9.81. The predicted molar refractivity (Wildman–Crippen MR) is 86.7 cm³/mol. The third-order valence-corrected chi connectivity index (χ3v) is 6.36.